The van der Waals surface area contributed by atoms with Gasteiger partial charge in [0.15, 0.2) is 0 Å². The van der Waals surface area contributed by atoms with Crippen LogP contribution in [0.25, 0.3) is 0 Å². The molecule has 64 valence electrons. The molecular weight excluding hydrogens is 152 g/mol. The average molecular weight is 164 g/mol. The molecule has 0 unspecified atom stereocenters. The molecule has 1 aromatic rings. The van der Waals surface area contributed by atoms with Crippen LogP contribution in [0.5, 0.6) is 0 Å². The lowest BCUT2D eigenvalue weighted by atomic mass is 10.3. The van der Waals surface area contributed by atoms with Crippen LogP contribution >= 0.6 is 0 Å². The highest BCUT2D eigenvalue weighted by molar-refractivity contribution is 5.56. The molecule has 12 heavy (non-hydrogen) atoms. The van der Waals surface area contributed by atoms with Crippen molar-refractivity contribution < 1.29 is 4.84 Å². The zero-order valence-corrected chi connectivity index (χ0v) is 7.27. The topological polar surface area (TPSA) is 24.8 Å². The van der Waals surface area contributed by atoms with Gasteiger partial charge in [-0.05, 0) is 19.1 Å². The second-order valence-electron chi connectivity index (χ2n) is 2.16. The molecule has 0 saturated carbocycles. The highest BCUT2D eigenvalue weighted by Crippen LogP contribution is 2.12. The third-order valence-corrected chi connectivity index (χ3v) is 1.37. The summed E-state index contributed by atoms with van der Waals surface area (Å²) < 4.78 is 0. The van der Waals surface area contributed by atoms with Gasteiger partial charge in [-0.1, -0.05) is 18.2 Å². The van der Waals surface area contributed by atoms with Crippen molar-refractivity contribution in [2.45, 2.75) is 6.92 Å². The zero-order valence-electron chi connectivity index (χ0n) is 7.27. The molecule has 0 aliphatic rings. The van der Waals surface area contributed by atoms with E-state index >= 15 is 0 Å². The van der Waals surface area contributed by atoms with Gasteiger partial charge in [-0.2, -0.15) is 5.10 Å². The normalized spacial score (nSPS) is 10.5. The maximum absolute atomic E-state index is 5.01. The number of hydrazone groups is 1. The van der Waals surface area contributed by atoms with E-state index in [-0.39, 0.29) is 0 Å². The zero-order chi connectivity index (χ0) is 8.81. The third-order valence-electron chi connectivity index (χ3n) is 1.37. The van der Waals surface area contributed by atoms with E-state index in [2.05, 4.69) is 5.10 Å². The number of hydrogen-bond acceptors (Lipinski definition) is 3. The lowest BCUT2D eigenvalue weighted by Gasteiger charge is -2.14. The Kier molecular flexibility index (Phi) is 3.29. The maximum atomic E-state index is 5.01. The molecule has 0 amide bonds. The first-order chi connectivity index (χ1) is 5.88. The van der Waals surface area contributed by atoms with Crippen molar-refractivity contribution in [3.8, 4) is 0 Å². The molecule has 0 heterocycles. The number of anilines is 1. The van der Waals surface area contributed by atoms with Gasteiger partial charge >= 0.3 is 0 Å². The Hall–Kier alpha value is -1.35. The maximum Gasteiger partial charge on any atom is 0.0901 e. The van der Waals surface area contributed by atoms with Crippen LogP contribution in [0.15, 0.2) is 35.4 Å². The van der Waals surface area contributed by atoms with Gasteiger partial charge in [0, 0.05) is 6.21 Å². The molecule has 0 fully saturated rings. The Morgan fingerprint density at radius 2 is 2.00 bits per heavy atom. The SMILES string of the molecule is CC=NN(OC)c1ccccc1. The Morgan fingerprint density at radius 1 is 1.33 bits per heavy atom. The number of benzene rings is 1. The smallest absolute Gasteiger partial charge is 0.0901 e. The van der Waals surface area contributed by atoms with Crippen LogP contribution in [-0.4, -0.2) is 13.3 Å². The number of hydrogen-bond donors (Lipinski definition) is 0. The summed E-state index contributed by atoms with van der Waals surface area (Å²) in [6.07, 6.45) is 1.68. The van der Waals surface area contributed by atoms with Crippen molar-refractivity contribution in [2.24, 2.45) is 5.10 Å². The fourth-order valence-electron chi connectivity index (χ4n) is 0.880. The van der Waals surface area contributed by atoms with Crippen molar-refractivity contribution in [3.05, 3.63) is 30.3 Å². The van der Waals surface area contributed by atoms with E-state index in [0.717, 1.165) is 5.69 Å². The minimum Gasteiger partial charge on any atom is -0.255 e. The van der Waals surface area contributed by atoms with Gasteiger partial charge in [0.05, 0.1) is 12.8 Å². The first-order valence-electron chi connectivity index (χ1n) is 3.76. The lowest BCUT2D eigenvalue weighted by Crippen LogP contribution is -2.13. The summed E-state index contributed by atoms with van der Waals surface area (Å²) in [5.74, 6) is 0. The first-order valence-corrected chi connectivity index (χ1v) is 3.76. The largest absolute Gasteiger partial charge is 0.255 e. The molecule has 1 aromatic carbocycles. The molecule has 0 aliphatic carbocycles. The molecule has 0 radical (unpaired) electrons. The molecule has 0 aliphatic heterocycles. The van der Waals surface area contributed by atoms with Crippen LogP contribution in [0.1, 0.15) is 6.92 Å². The van der Waals surface area contributed by atoms with Crippen molar-refractivity contribution in [1.29, 1.82) is 0 Å². The van der Waals surface area contributed by atoms with E-state index in [1.165, 1.54) is 5.17 Å². The summed E-state index contributed by atoms with van der Waals surface area (Å²) in [6.45, 7) is 1.84. The van der Waals surface area contributed by atoms with Crippen LogP contribution < -0.4 is 5.17 Å². The number of para-hydroxylation sites is 1. The van der Waals surface area contributed by atoms with E-state index in [1.54, 1.807) is 13.3 Å². The molecular formula is C9H12N2O. The fourth-order valence-corrected chi connectivity index (χ4v) is 0.880. The number of nitrogens with zero attached hydrogens (tertiary/aromatic N) is 2. The molecule has 0 spiro atoms. The van der Waals surface area contributed by atoms with Crippen molar-refractivity contribution >= 4 is 11.9 Å². The van der Waals surface area contributed by atoms with Crippen LogP contribution in [0.4, 0.5) is 5.69 Å². The Bertz CT molecular complexity index is 246. The molecule has 0 N–H and O–H groups in total. The quantitative estimate of drug-likeness (QED) is 0.504. The Balaban J connectivity index is 2.80. The molecule has 0 atom stereocenters. The van der Waals surface area contributed by atoms with Crippen LogP contribution in [-0.2, 0) is 4.84 Å². The van der Waals surface area contributed by atoms with Gasteiger partial charge < -0.3 is 0 Å². The summed E-state index contributed by atoms with van der Waals surface area (Å²) in [6, 6.07) is 9.68. The van der Waals surface area contributed by atoms with Crippen LogP contribution in [0, 0.1) is 0 Å². The van der Waals surface area contributed by atoms with E-state index in [1.807, 2.05) is 37.3 Å². The monoisotopic (exact) mass is 164 g/mol. The second-order valence-corrected chi connectivity index (χ2v) is 2.16. The lowest BCUT2D eigenvalue weighted by molar-refractivity contribution is 0.170. The number of rotatable bonds is 3. The van der Waals surface area contributed by atoms with Gasteiger partial charge in [0.1, 0.15) is 0 Å². The molecule has 3 heteroatoms. The van der Waals surface area contributed by atoms with Gasteiger partial charge in [0.25, 0.3) is 0 Å². The standard InChI is InChI=1S/C9H12N2O/c1-3-10-11(12-2)9-7-5-4-6-8-9/h3-8H,1-2H3. The minimum absolute atomic E-state index is 0.915. The average Bonchev–Trinajstić information content (AvgIpc) is 2.15. The summed E-state index contributed by atoms with van der Waals surface area (Å²) in [7, 11) is 1.58. The van der Waals surface area contributed by atoms with E-state index in [9.17, 15) is 0 Å². The van der Waals surface area contributed by atoms with Crippen LogP contribution in [0.3, 0.4) is 0 Å². The molecule has 1 rings (SSSR count). The van der Waals surface area contributed by atoms with E-state index in [0.29, 0.717) is 0 Å². The molecule has 0 bridgehead atoms. The van der Waals surface area contributed by atoms with Gasteiger partial charge in [-0.15, -0.1) is 5.17 Å². The minimum atomic E-state index is 0.915. The van der Waals surface area contributed by atoms with E-state index < -0.39 is 0 Å². The summed E-state index contributed by atoms with van der Waals surface area (Å²) in [5.41, 5.74) is 0.915. The van der Waals surface area contributed by atoms with Gasteiger partial charge in [0.2, 0.25) is 0 Å². The van der Waals surface area contributed by atoms with Gasteiger partial charge in [-0.25, -0.2) is 0 Å². The van der Waals surface area contributed by atoms with E-state index in [4.69, 9.17) is 4.84 Å². The molecule has 3 nitrogen and oxygen atoms in total. The predicted octanol–water partition coefficient (Wildman–Crippen LogP) is 2.06. The van der Waals surface area contributed by atoms with Crippen LogP contribution in [0.2, 0.25) is 0 Å². The van der Waals surface area contributed by atoms with Gasteiger partial charge in [-0.3, -0.25) is 4.84 Å². The predicted molar refractivity (Wildman–Crippen MR) is 50.1 cm³/mol. The molecule has 0 aromatic heterocycles. The second kappa shape index (κ2) is 4.51. The summed E-state index contributed by atoms with van der Waals surface area (Å²) >= 11 is 0. The fraction of sp³-hybridized carbons (Fsp3) is 0.222. The molecule has 0 saturated heterocycles. The van der Waals surface area contributed by atoms with Crippen molar-refractivity contribution in [3.63, 3.8) is 0 Å². The van der Waals surface area contributed by atoms with Crippen molar-refractivity contribution in [2.75, 3.05) is 12.3 Å². The third kappa shape index (κ3) is 2.07. The summed E-state index contributed by atoms with van der Waals surface area (Å²) in [5, 5.41) is 5.46. The Morgan fingerprint density at radius 3 is 2.50 bits per heavy atom. The summed E-state index contributed by atoms with van der Waals surface area (Å²) in [4.78, 5) is 5.01. The van der Waals surface area contributed by atoms with Crippen molar-refractivity contribution in [1.82, 2.24) is 0 Å². The highest BCUT2D eigenvalue weighted by atomic mass is 16.7. The Labute approximate surface area is 72.2 Å². The first kappa shape index (κ1) is 8.74. The highest BCUT2D eigenvalue weighted by Gasteiger charge is 1.99.